The summed E-state index contributed by atoms with van der Waals surface area (Å²) in [5.41, 5.74) is -0.154. The first-order chi connectivity index (χ1) is 8.99. The van der Waals surface area contributed by atoms with Gasteiger partial charge in [0.15, 0.2) is 0 Å². The highest BCUT2D eigenvalue weighted by Crippen LogP contribution is 2.30. The third-order valence-electron chi connectivity index (χ3n) is 2.81. The van der Waals surface area contributed by atoms with Crippen molar-refractivity contribution in [2.75, 3.05) is 0 Å². The van der Waals surface area contributed by atoms with Gasteiger partial charge in [0, 0.05) is 6.42 Å². The number of alkyl halides is 3. The Morgan fingerprint density at radius 2 is 1.65 bits per heavy atom. The molecule has 0 fully saturated rings. The van der Waals surface area contributed by atoms with Crippen LogP contribution in [0.1, 0.15) is 51.3 Å². The van der Waals surface area contributed by atoms with Crippen LogP contribution in [0.3, 0.4) is 0 Å². The average molecular weight is 287 g/mol. The maximum absolute atomic E-state index is 12.4. The van der Waals surface area contributed by atoms with Crippen molar-refractivity contribution in [3.8, 4) is 0 Å². The molecule has 1 N–H and O–H groups in total. The van der Waals surface area contributed by atoms with E-state index in [4.69, 9.17) is 0 Å². The Bertz CT molecular complexity index is 457. The highest BCUT2D eigenvalue weighted by Gasteiger charge is 2.30. The number of hydrogen-bond donors (Lipinski definition) is 1. The molecule has 1 rings (SSSR count). The number of carbonyl (C=O) groups excluding carboxylic acids is 1. The maximum atomic E-state index is 12.4. The number of rotatable bonds is 3. The molecule has 1 atom stereocenters. The van der Waals surface area contributed by atoms with Gasteiger partial charge >= 0.3 is 6.18 Å². The van der Waals surface area contributed by atoms with Gasteiger partial charge in [-0.2, -0.15) is 13.2 Å². The molecule has 112 valence electrons. The third-order valence-corrected chi connectivity index (χ3v) is 2.81. The van der Waals surface area contributed by atoms with Gasteiger partial charge in [-0.3, -0.25) is 4.79 Å². The lowest BCUT2D eigenvalue weighted by Gasteiger charge is -2.20. The zero-order valence-electron chi connectivity index (χ0n) is 12.1. The van der Waals surface area contributed by atoms with Gasteiger partial charge in [0.25, 0.3) is 0 Å². The minimum atomic E-state index is -4.34. The summed E-state index contributed by atoms with van der Waals surface area (Å²) < 4.78 is 37.3. The predicted molar refractivity (Wildman–Crippen MR) is 72.1 cm³/mol. The zero-order chi connectivity index (χ0) is 15.6. The van der Waals surface area contributed by atoms with Crippen molar-refractivity contribution in [3.05, 3.63) is 35.4 Å². The predicted octanol–water partition coefficient (Wildman–Crippen LogP) is 4.32. The van der Waals surface area contributed by atoms with Gasteiger partial charge in [-0.15, -0.1) is 0 Å². The number of benzene rings is 1. The van der Waals surface area contributed by atoms with Crippen LogP contribution in [0.25, 0.3) is 0 Å². The quantitative estimate of drug-likeness (QED) is 0.881. The molecule has 0 aliphatic carbocycles. The van der Waals surface area contributed by atoms with Gasteiger partial charge < -0.3 is 5.32 Å². The number of carbonyl (C=O) groups is 1. The van der Waals surface area contributed by atoms with Crippen molar-refractivity contribution >= 4 is 5.91 Å². The lowest BCUT2D eigenvalue weighted by Crippen LogP contribution is -2.29. The molecule has 0 spiro atoms. The maximum Gasteiger partial charge on any atom is 0.416 e. The highest BCUT2D eigenvalue weighted by molar-refractivity contribution is 5.77. The van der Waals surface area contributed by atoms with E-state index >= 15 is 0 Å². The smallest absolute Gasteiger partial charge is 0.350 e. The molecule has 5 heteroatoms. The van der Waals surface area contributed by atoms with Crippen molar-refractivity contribution in [2.24, 2.45) is 5.41 Å². The van der Waals surface area contributed by atoms with Crippen molar-refractivity contribution in [1.29, 1.82) is 0 Å². The second-order valence-corrected chi connectivity index (χ2v) is 6.15. The standard InChI is InChI=1S/C15H20F3NO/c1-10(19-13(20)9-14(2,3)4)11-5-7-12(8-6-11)15(16,17)18/h5-8,10H,9H2,1-4H3,(H,19,20). The lowest BCUT2D eigenvalue weighted by molar-refractivity contribution is -0.137. The van der Waals surface area contributed by atoms with Gasteiger partial charge in [-0.25, -0.2) is 0 Å². The van der Waals surface area contributed by atoms with Gasteiger partial charge in [0.1, 0.15) is 0 Å². The van der Waals surface area contributed by atoms with E-state index in [0.717, 1.165) is 12.1 Å². The first-order valence-electron chi connectivity index (χ1n) is 6.45. The van der Waals surface area contributed by atoms with E-state index in [-0.39, 0.29) is 17.4 Å². The first-order valence-corrected chi connectivity index (χ1v) is 6.45. The van der Waals surface area contributed by atoms with Gasteiger partial charge in [0.05, 0.1) is 11.6 Å². The fraction of sp³-hybridized carbons (Fsp3) is 0.533. The Labute approximate surface area is 117 Å². The molecule has 0 bridgehead atoms. The van der Waals surface area contributed by atoms with Crippen LogP contribution in [0.4, 0.5) is 13.2 Å². The van der Waals surface area contributed by atoms with Crippen LogP contribution in [-0.4, -0.2) is 5.91 Å². The SMILES string of the molecule is CC(NC(=O)CC(C)(C)C)c1ccc(C(F)(F)F)cc1. The van der Waals surface area contributed by atoms with Crippen molar-refractivity contribution in [1.82, 2.24) is 5.32 Å². The molecule has 1 unspecified atom stereocenters. The van der Waals surface area contributed by atoms with Gasteiger partial charge in [0.2, 0.25) is 5.91 Å². The van der Waals surface area contributed by atoms with E-state index in [1.807, 2.05) is 20.8 Å². The molecule has 1 aromatic rings. The van der Waals surface area contributed by atoms with E-state index in [1.54, 1.807) is 6.92 Å². The van der Waals surface area contributed by atoms with Crippen molar-refractivity contribution < 1.29 is 18.0 Å². The summed E-state index contributed by atoms with van der Waals surface area (Å²) in [7, 11) is 0. The van der Waals surface area contributed by atoms with E-state index < -0.39 is 11.7 Å². The second kappa shape index (κ2) is 5.85. The molecule has 0 heterocycles. The van der Waals surface area contributed by atoms with E-state index in [9.17, 15) is 18.0 Å². The number of hydrogen-bond acceptors (Lipinski definition) is 1. The zero-order valence-corrected chi connectivity index (χ0v) is 12.1. The van der Waals surface area contributed by atoms with Gasteiger partial charge in [-0.1, -0.05) is 32.9 Å². The molecule has 0 saturated carbocycles. The number of nitrogens with one attached hydrogen (secondary N) is 1. The summed E-state index contributed by atoms with van der Waals surface area (Å²) in [5.74, 6) is -0.107. The molecule has 2 nitrogen and oxygen atoms in total. The second-order valence-electron chi connectivity index (χ2n) is 6.15. The topological polar surface area (TPSA) is 29.1 Å². The minimum Gasteiger partial charge on any atom is -0.350 e. The fourth-order valence-electron chi connectivity index (χ4n) is 1.82. The third kappa shape index (κ3) is 5.23. The Morgan fingerprint density at radius 3 is 2.05 bits per heavy atom. The Morgan fingerprint density at radius 1 is 1.15 bits per heavy atom. The normalized spacial score (nSPS) is 13.9. The number of amides is 1. The first kappa shape index (κ1) is 16.5. The van der Waals surface area contributed by atoms with Crippen LogP contribution < -0.4 is 5.32 Å². The largest absolute Gasteiger partial charge is 0.416 e. The Hall–Kier alpha value is -1.52. The summed E-state index contributed by atoms with van der Waals surface area (Å²) in [5, 5.41) is 2.79. The van der Waals surface area contributed by atoms with Crippen molar-refractivity contribution in [2.45, 2.75) is 46.3 Å². The summed E-state index contributed by atoms with van der Waals surface area (Å²) in [6.45, 7) is 7.61. The Kier molecular flexibility index (Phi) is 4.84. The molecule has 20 heavy (non-hydrogen) atoms. The lowest BCUT2D eigenvalue weighted by atomic mass is 9.91. The molecular weight excluding hydrogens is 267 g/mol. The molecule has 0 aromatic heterocycles. The summed E-state index contributed by atoms with van der Waals surface area (Å²) >= 11 is 0. The van der Waals surface area contributed by atoms with Gasteiger partial charge in [-0.05, 0) is 30.0 Å². The highest BCUT2D eigenvalue weighted by atomic mass is 19.4. The van der Waals surface area contributed by atoms with Crippen LogP contribution in [0.2, 0.25) is 0 Å². The molecule has 1 aromatic carbocycles. The molecule has 0 aliphatic heterocycles. The van der Waals surface area contributed by atoms with Crippen molar-refractivity contribution in [3.63, 3.8) is 0 Å². The van der Waals surface area contributed by atoms with Crippen LogP contribution >= 0.6 is 0 Å². The van der Waals surface area contributed by atoms with E-state index in [2.05, 4.69) is 5.32 Å². The van der Waals surface area contributed by atoms with Crippen LogP contribution in [-0.2, 0) is 11.0 Å². The van der Waals surface area contributed by atoms with Crippen LogP contribution in [0.5, 0.6) is 0 Å². The summed E-state index contributed by atoms with van der Waals surface area (Å²) in [4.78, 5) is 11.8. The molecule has 0 aliphatic rings. The molecule has 0 radical (unpaired) electrons. The molecule has 0 saturated heterocycles. The van der Waals surface area contributed by atoms with Crippen LogP contribution in [0.15, 0.2) is 24.3 Å². The fourth-order valence-corrected chi connectivity index (χ4v) is 1.82. The molecule has 1 amide bonds. The van der Waals surface area contributed by atoms with Crippen LogP contribution in [0, 0.1) is 5.41 Å². The Balaban J connectivity index is 2.69. The van der Waals surface area contributed by atoms with E-state index in [1.165, 1.54) is 12.1 Å². The summed E-state index contributed by atoms with van der Waals surface area (Å²) in [6.07, 6.45) is -3.96. The minimum absolute atomic E-state index is 0.107. The van der Waals surface area contributed by atoms with E-state index in [0.29, 0.717) is 12.0 Å². The molecular formula is C15H20F3NO. The monoisotopic (exact) mass is 287 g/mol. The average Bonchev–Trinajstić information content (AvgIpc) is 2.25. The number of halogens is 3. The summed E-state index contributed by atoms with van der Waals surface area (Å²) in [6, 6.07) is 4.53.